The monoisotopic (exact) mass is 319 g/mol. The first kappa shape index (κ1) is 15.6. The number of hydrogen-bond acceptors (Lipinski definition) is 5. The molecule has 120 valence electrons. The number of carbonyl (C=O) groups excluding carboxylic acids is 1. The molecule has 24 heavy (non-hydrogen) atoms. The Morgan fingerprint density at radius 2 is 1.83 bits per heavy atom. The predicted octanol–water partition coefficient (Wildman–Crippen LogP) is 3.04. The average Bonchev–Trinajstić information content (AvgIpc) is 2.63. The molecule has 0 aliphatic carbocycles. The molecule has 0 spiro atoms. The molecular weight excluding hydrogens is 302 g/mol. The van der Waals surface area contributed by atoms with Gasteiger partial charge >= 0.3 is 0 Å². The van der Waals surface area contributed by atoms with Crippen LogP contribution < -0.4 is 10.6 Å². The predicted molar refractivity (Wildman–Crippen MR) is 92.7 cm³/mol. The molecule has 1 amide bonds. The van der Waals surface area contributed by atoms with Gasteiger partial charge in [0.15, 0.2) is 0 Å². The third-order valence-electron chi connectivity index (χ3n) is 3.44. The van der Waals surface area contributed by atoms with Gasteiger partial charge in [0.25, 0.3) is 5.91 Å². The van der Waals surface area contributed by atoms with Crippen LogP contribution >= 0.6 is 0 Å². The molecule has 0 aliphatic rings. The van der Waals surface area contributed by atoms with Gasteiger partial charge in [0.2, 0.25) is 5.95 Å². The van der Waals surface area contributed by atoms with Crippen molar-refractivity contribution in [3.63, 3.8) is 0 Å². The summed E-state index contributed by atoms with van der Waals surface area (Å²) in [7, 11) is 0. The van der Waals surface area contributed by atoms with Crippen molar-refractivity contribution in [1.82, 2.24) is 15.0 Å². The summed E-state index contributed by atoms with van der Waals surface area (Å²) in [5.41, 5.74) is 2.94. The molecule has 2 heterocycles. The van der Waals surface area contributed by atoms with Crippen molar-refractivity contribution < 1.29 is 4.79 Å². The summed E-state index contributed by atoms with van der Waals surface area (Å²) in [4.78, 5) is 25.0. The number of pyridine rings is 1. The molecule has 1 aromatic carbocycles. The van der Waals surface area contributed by atoms with E-state index in [1.807, 2.05) is 49.4 Å². The van der Waals surface area contributed by atoms with Crippen molar-refractivity contribution >= 4 is 17.5 Å². The molecule has 2 N–H and O–H groups in total. The highest BCUT2D eigenvalue weighted by atomic mass is 16.1. The number of benzene rings is 1. The van der Waals surface area contributed by atoms with E-state index < -0.39 is 0 Å². The Morgan fingerprint density at radius 3 is 2.62 bits per heavy atom. The van der Waals surface area contributed by atoms with Crippen molar-refractivity contribution in [2.75, 3.05) is 10.6 Å². The summed E-state index contributed by atoms with van der Waals surface area (Å²) < 4.78 is 0. The van der Waals surface area contributed by atoms with E-state index >= 15 is 0 Å². The number of para-hydroxylation sites is 1. The van der Waals surface area contributed by atoms with E-state index in [4.69, 9.17) is 0 Å². The van der Waals surface area contributed by atoms with Crippen LogP contribution in [0, 0.1) is 6.92 Å². The van der Waals surface area contributed by atoms with Crippen LogP contribution in [0.15, 0.2) is 60.9 Å². The Kier molecular flexibility index (Phi) is 4.76. The van der Waals surface area contributed by atoms with Crippen molar-refractivity contribution in [3.05, 3.63) is 77.9 Å². The number of amides is 1. The van der Waals surface area contributed by atoms with Gasteiger partial charge in [-0.3, -0.25) is 9.78 Å². The van der Waals surface area contributed by atoms with Crippen LogP contribution in [0.3, 0.4) is 0 Å². The Morgan fingerprint density at radius 1 is 1.00 bits per heavy atom. The minimum absolute atomic E-state index is 0.271. The number of nitrogens with zero attached hydrogens (tertiary/aromatic N) is 3. The number of rotatable bonds is 5. The second kappa shape index (κ2) is 7.32. The lowest BCUT2D eigenvalue weighted by Gasteiger charge is -2.09. The molecule has 0 saturated carbocycles. The third-order valence-corrected chi connectivity index (χ3v) is 3.44. The molecule has 6 heteroatoms. The lowest BCUT2D eigenvalue weighted by Crippen LogP contribution is -2.16. The van der Waals surface area contributed by atoms with Crippen LogP contribution in [0.1, 0.15) is 21.7 Å². The molecular formula is C18H17N5O. The van der Waals surface area contributed by atoms with Gasteiger partial charge in [0.1, 0.15) is 5.69 Å². The zero-order valence-electron chi connectivity index (χ0n) is 13.2. The van der Waals surface area contributed by atoms with Gasteiger partial charge in [-0.2, -0.15) is 0 Å². The Bertz CT molecular complexity index is 836. The maximum absolute atomic E-state index is 12.4. The molecule has 3 rings (SSSR count). The standard InChI is InChI=1S/C18H17N5O/c1-13-6-2-3-8-15(13)22-17(24)16-9-11-20-18(23-16)21-12-14-7-4-5-10-19-14/h2-11H,12H2,1H3,(H,22,24)(H,20,21,23). The van der Waals surface area contributed by atoms with Crippen molar-refractivity contribution in [2.45, 2.75) is 13.5 Å². The summed E-state index contributed by atoms with van der Waals surface area (Å²) in [6.45, 7) is 2.43. The van der Waals surface area contributed by atoms with Gasteiger partial charge in [0.05, 0.1) is 12.2 Å². The number of nitrogens with one attached hydrogen (secondary N) is 2. The van der Waals surface area contributed by atoms with E-state index in [1.165, 1.54) is 0 Å². The SMILES string of the molecule is Cc1ccccc1NC(=O)c1ccnc(NCc2ccccn2)n1. The first-order chi connectivity index (χ1) is 11.7. The highest BCUT2D eigenvalue weighted by Gasteiger charge is 2.10. The maximum atomic E-state index is 12.4. The van der Waals surface area contributed by atoms with Crippen molar-refractivity contribution in [2.24, 2.45) is 0 Å². The van der Waals surface area contributed by atoms with Crippen LogP contribution in [0.5, 0.6) is 0 Å². The zero-order valence-corrected chi connectivity index (χ0v) is 13.2. The average molecular weight is 319 g/mol. The first-order valence-electron chi connectivity index (χ1n) is 7.56. The quantitative estimate of drug-likeness (QED) is 0.755. The first-order valence-corrected chi connectivity index (χ1v) is 7.56. The zero-order chi connectivity index (χ0) is 16.8. The minimum Gasteiger partial charge on any atom is -0.349 e. The molecule has 0 radical (unpaired) electrons. The summed E-state index contributed by atoms with van der Waals surface area (Å²) in [6, 6.07) is 14.9. The molecule has 0 bridgehead atoms. The van der Waals surface area contributed by atoms with Gasteiger partial charge < -0.3 is 10.6 Å². The Balaban J connectivity index is 1.68. The van der Waals surface area contributed by atoms with Gasteiger partial charge in [-0.05, 0) is 36.8 Å². The fourth-order valence-corrected chi connectivity index (χ4v) is 2.14. The fraction of sp³-hybridized carbons (Fsp3) is 0.111. The van der Waals surface area contributed by atoms with E-state index in [0.717, 1.165) is 16.9 Å². The summed E-state index contributed by atoms with van der Waals surface area (Å²) in [5.74, 6) is 0.116. The summed E-state index contributed by atoms with van der Waals surface area (Å²) in [6.07, 6.45) is 3.28. The van der Waals surface area contributed by atoms with Gasteiger partial charge in [-0.1, -0.05) is 24.3 Å². The summed E-state index contributed by atoms with van der Waals surface area (Å²) in [5, 5.41) is 5.92. The van der Waals surface area contributed by atoms with E-state index in [0.29, 0.717) is 18.2 Å². The molecule has 2 aromatic heterocycles. The van der Waals surface area contributed by atoms with Gasteiger partial charge in [-0.25, -0.2) is 9.97 Å². The number of aromatic nitrogens is 3. The van der Waals surface area contributed by atoms with Crippen LogP contribution in [0.25, 0.3) is 0 Å². The highest BCUT2D eigenvalue weighted by Crippen LogP contribution is 2.14. The number of carbonyl (C=O) groups is 1. The molecule has 0 aliphatic heterocycles. The Hall–Kier alpha value is -3.28. The molecule has 0 saturated heterocycles. The Labute approximate surface area is 140 Å². The minimum atomic E-state index is -0.271. The van der Waals surface area contributed by atoms with E-state index in [1.54, 1.807) is 18.5 Å². The largest absolute Gasteiger partial charge is 0.349 e. The number of aryl methyl sites for hydroxylation is 1. The van der Waals surface area contributed by atoms with E-state index in [2.05, 4.69) is 25.6 Å². The second-order valence-electron chi connectivity index (χ2n) is 5.21. The van der Waals surface area contributed by atoms with Gasteiger partial charge in [-0.15, -0.1) is 0 Å². The van der Waals surface area contributed by atoms with Crippen molar-refractivity contribution in [3.8, 4) is 0 Å². The maximum Gasteiger partial charge on any atom is 0.274 e. The fourth-order valence-electron chi connectivity index (χ4n) is 2.14. The van der Waals surface area contributed by atoms with Crippen molar-refractivity contribution in [1.29, 1.82) is 0 Å². The van der Waals surface area contributed by atoms with E-state index in [9.17, 15) is 4.79 Å². The molecule has 0 fully saturated rings. The van der Waals surface area contributed by atoms with Gasteiger partial charge in [0, 0.05) is 18.1 Å². The second-order valence-corrected chi connectivity index (χ2v) is 5.21. The lowest BCUT2D eigenvalue weighted by atomic mass is 10.2. The number of anilines is 2. The summed E-state index contributed by atoms with van der Waals surface area (Å²) >= 11 is 0. The highest BCUT2D eigenvalue weighted by molar-refractivity contribution is 6.03. The lowest BCUT2D eigenvalue weighted by molar-refractivity contribution is 0.102. The van der Waals surface area contributed by atoms with Crippen LogP contribution in [-0.2, 0) is 6.54 Å². The van der Waals surface area contributed by atoms with Crippen LogP contribution in [0.4, 0.5) is 11.6 Å². The molecule has 3 aromatic rings. The topological polar surface area (TPSA) is 79.8 Å². The van der Waals surface area contributed by atoms with Crippen LogP contribution in [-0.4, -0.2) is 20.9 Å². The molecule has 6 nitrogen and oxygen atoms in total. The van der Waals surface area contributed by atoms with Crippen LogP contribution in [0.2, 0.25) is 0 Å². The third kappa shape index (κ3) is 3.92. The number of hydrogen-bond donors (Lipinski definition) is 2. The normalized spacial score (nSPS) is 10.2. The smallest absolute Gasteiger partial charge is 0.274 e. The molecule has 0 atom stereocenters. The molecule has 0 unspecified atom stereocenters. The van der Waals surface area contributed by atoms with E-state index in [-0.39, 0.29) is 5.91 Å².